The maximum absolute atomic E-state index is 11.2. The molecule has 16 heavy (non-hydrogen) atoms. The van der Waals surface area contributed by atoms with Gasteiger partial charge in [0.1, 0.15) is 0 Å². The molecule has 0 aliphatic rings. The zero-order valence-corrected chi connectivity index (χ0v) is 11.0. The Labute approximate surface area is 105 Å². The van der Waals surface area contributed by atoms with Gasteiger partial charge in [0.05, 0.1) is 17.4 Å². The van der Waals surface area contributed by atoms with Crippen LogP contribution in [0.15, 0.2) is 12.1 Å². The van der Waals surface area contributed by atoms with Gasteiger partial charge in [-0.3, -0.25) is 4.79 Å². The maximum Gasteiger partial charge on any atom is 0.307 e. The first-order valence-corrected chi connectivity index (χ1v) is 6.44. The van der Waals surface area contributed by atoms with Crippen LogP contribution in [0.3, 0.4) is 0 Å². The molecule has 1 atom stereocenters. The molecule has 90 valence electrons. The molecule has 0 aliphatic heterocycles. The van der Waals surface area contributed by atoms with Crippen molar-refractivity contribution in [1.29, 1.82) is 0 Å². The van der Waals surface area contributed by atoms with Crippen LogP contribution in [0.1, 0.15) is 25.1 Å². The molecule has 0 amide bonds. The van der Waals surface area contributed by atoms with E-state index in [-0.39, 0.29) is 12.0 Å². The lowest BCUT2D eigenvalue weighted by Gasteiger charge is -2.11. The summed E-state index contributed by atoms with van der Waals surface area (Å²) in [5.41, 5.74) is 0. The van der Waals surface area contributed by atoms with Crippen molar-refractivity contribution in [2.45, 2.75) is 32.9 Å². The predicted octanol–water partition coefficient (Wildman–Crippen LogP) is 2.83. The number of carbonyl (C=O) groups excluding carboxylic acids is 1. The summed E-state index contributed by atoms with van der Waals surface area (Å²) in [6, 6.07) is 3.97. The average Bonchev–Trinajstić information content (AvgIpc) is 2.61. The van der Waals surface area contributed by atoms with Gasteiger partial charge in [-0.1, -0.05) is 11.6 Å². The molecule has 1 N–H and O–H groups in total. The first kappa shape index (κ1) is 13.5. The molecule has 0 fully saturated rings. The van der Waals surface area contributed by atoms with E-state index in [2.05, 4.69) is 5.32 Å². The van der Waals surface area contributed by atoms with Gasteiger partial charge in [0.25, 0.3) is 0 Å². The lowest BCUT2D eigenvalue weighted by atomic mass is 10.2. The van der Waals surface area contributed by atoms with E-state index in [1.54, 1.807) is 11.3 Å². The summed E-state index contributed by atoms with van der Waals surface area (Å²) in [6.07, 6.45) is 0.396. The number of carbonyl (C=O) groups is 1. The van der Waals surface area contributed by atoms with Crippen LogP contribution in [0.25, 0.3) is 0 Å². The summed E-state index contributed by atoms with van der Waals surface area (Å²) >= 11 is 7.36. The minimum atomic E-state index is -0.160. The fourth-order valence-electron chi connectivity index (χ4n) is 1.26. The molecule has 1 rings (SSSR count). The summed E-state index contributed by atoms with van der Waals surface area (Å²) in [5.74, 6) is -0.160. The molecule has 1 aromatic heterocycles. The Bertz CT molecular complexity index is 340. The number of thiophene rings is 1. The number of hydrogen-bond acceptors (Lipinski definition) is 4. The van der Waals surface area contributed by atoms with Crippen LogP contribution in [0.5, 0.6) is 0 Å². The normalized spacial score (nSPS) is 12.4. The maximum atomic E-state index is 11.2. The minimum Gasteiger partial charge on any atom is -0.466 e. The Morgan fingerprint density at radius 1 is 1.62 bits per heavy atom. The molecule has 5 heteroatoms. The molecule has 1 aromatic rings. The van der Waals surface area contributed by atoms with Crippen molar-refractivity contribution >= 4 is 28.9 Å². The Kier molecular flexibility index (Phi) is 5.80. The van der Waals surface area contributed by atoms with Crippen molar-refractivity contribution in [3.05, 3.63) is 21.3 Å². The van der Waals surface area contributed by atoms with Crippen molar-refractivity contribution < 1.29 is 9.53 Å². The first-order chi connectivity index (χ1) is 7.61. The molecule has 3 nitrogen and oxygen atoms in total. The molecule has 0 spiro atoms. The van der Waals surface area contributed by atoms with Crippen LogP contribution in [-0.2, 0) is 16.1 Å². The monoisotopic (exact) mass is 261 g/mol. The van der Waals surface area contributed by atoms with Crippen LogP contribution in [0, 0.1) is 0 Å². The van der Waals surface area contributed by atoms with E-state index < -0.39 is 0 Å². The second kappa shape index (κ2) is 6.89. The number of halogens is 1. The molecular formula is C11H16ClNO2S. The molecule has 0 radical (unpaired) electrons. The largest absolute Gasteiger partial charge is 0.466 e. The molecule has 1 heterocycles. The second-order valence-electron chi connectivity index (χ2n) is 3.50. The van der Waals surface area contributed by atoms with E-state index >= 15 is 0 Å². The van der Waals surface area contributed by atoms with E-state index in [1.807, 2.05) is 26.0 Å². The molecular weight excluding hydrogens is 246 g/mol. The van der Waals surface area contributed by atoms with E-state index in [4.69, 9.17) is 16.3 Å². The summed E-state index contributed by atoms with van der Waals surface area (Å²) in [6.45, 7) is 4.94. The van der Waals surface area contributed by atoms with Crippen molar-refractivity contribution in [3.8, 4) is 0 Å². The van der Waals surface area contributed by atoms with Crippen molar-refractivity contribution in [2.75, 3.05) is 6.61 Å². The van der Waals surface area contributed by atoms with Gasteiger partial charge in [0, 0.05) is 17.5 Å². The van der Waals surface area contributed by atoms with Crippen LogP contribution in [-0.4, -0.2) is 18.6 Å². The standard InChI is InChI=1S/C11H16ClNO2S/c1-3-15-11(14)6-8(2)13-7-9-4-5-10(12)16-9/h4-5,8,13H,3,6-7H2,1-2H3. The van der Waals surface area contributed by atoms with Gasteiger partial charge >= 0.3 is 5.97 Å². The number of hydrogen-bond donors (Lipinski definition) is 1. The smallest absolute Gasteiger partial charge is 0.307 e. The third kappa shape index (κ3) is 4.96. The zero-order valence-electron chi connectivity index (χ0n) is 9.46. The minimum absolute atomic E-state index is 0.111. The Morgan fingerprint density at radius 2 is 2.38 bits per heavy atom. The predicted molar refractivity (Wildman–Crippen MR) is 66.9 cm³/mol. The summed E-state index contributed by atoms with van der Waals surface area (Å²) < 4.78 is 5.66. The molecule has 0 saturated heterocycles. The van der Waals surface area contributed by atoms with Gasteiger partial charge in [-0.25, -0.2) is 0 Å². The van der Waals surface area contributed by atoms with Gasteiger partial charge in [-0.15, -0.1) is 11.3 Å². The van der Waals surface area contributed by atoms with E-state index in [9.17, 15) is 4.79 Å². The number of ether oxygens (including phenoxy) is 1. The van der Waals surface area contributed by atoms with Crippen molar-refractivity contribution in [3.63, 3.8) is 0 Å². The molecule has 0 bridgehead atoms. The van der Waals surface area contributed by atoms with E-state index in [0.29, 0.717) is 13.0 Å². The highest BCUT2D eigenvalue weighted by Gasteiger charge is 2.09. The van der Waals surface area contributed by atoms with Gasteiger partial charge in [-0.2, -0.15) is 0 Å². The lowest BCUT2D eigenvalue weighted by Crippen LogP contribution is -2.28. The Hall–Kier alpha value is -0.580. The zero-order chi connectivity index (χ0) is 12.0. The Balaban J connectivity index is 2.24. The Morgan fingerprint density at radius 3 is 2.94 bits per heavy atom. The molecule has 0 saturated carbocycles. The second-order valence-corrected chi connectivity index (χ2v) is 5.30. The lowest BCUT2D eigenvalue weighted by molar-refractivity contribution is -0.143. The number of nitrogens with one attached hydrogen (secondary N) is 1. The number of esters is 1. The van der Waals surface area contributed by atoms with Gasteiger partial charge in [0.2, 0.25) is 0 Å². The van der Waals surface area contributed by atoms with Crippen molar-refractivity contribution in [1.82, 2.24) is 5.32 Å². The quantitative estimate of drug-likeness (QED) is 0.801. The van der Waals surface area contributed by atoms with Gasteiger partial charge in [0.15, 0.2) is 0 Å². The van der Waals surface area contributed by atoms with Crippen molar-refractivity contribution in [2.24, 2.45) is 0 Å². The van der Waals surface area contributed by atoms with Gasteiger partial charge in [-0.05, 0) is 26.0 Å². The van der Waals surface area contributed by atoms with Gasteiger partial charge < -0.3 is 10.1 Å². The third-order valence-electron chi connectivity index (χ3n) is 2.03. The molecule has 0 aromatic carbocycles. The SMILES string of the molecule is CCOC(=O)CC(C)NCc1ccc(Cl)s1. The summed E-state index contributed by atoms with van der Waals surface area (Å²) in [7, 11) is 0. The fraction of sp³-hybridized carbons (Fsp3) is 0.545. The fourth-order valence-corrected chi connectivity index (χ4v) is 2.30. The highest BCUT2D eigenvalue weighted by molar-refractivity contribution is 7.16. The topological polar surface area (TPSA) is 38.3 Å². The summed E-state index contributed by atoms with van der Waals surface area (Å²) in [5, 5.41) is 3.25. The van der Waals surface area contributed by atoms with Crippen LogP contribution in [0.2, 0.25) is 4.34 Å². The highest BCUT2D eigenvalue weighted by Crippen LogP contribution is 2.21. The average molecular weight is 262 g/mol. The first-order valence-electron chi connectivity index (χ1n) is 5.25. The summed E-state index contributed by atoms with van der Waals surface area (Å²) in [4.78, 5) is 12.4. The van der Waals surface area contributed by atoms with Crippen LogP contribution < -0.4 is 5.32 Å². The van der Waals surface area contributed by atoms with E-state index in [1.165, 1.54) is 4.88 Å². The third-order valence-corrected chi connectivity index (χ3v) is 3.26. The molecule has 0 aliphatic carbocycles. The van der Waals surface area contributed by atoms with E-state index in [0.717, 1.165) is 10.9 Å². The number of rotatable bonds is 6. The van der Waals surface area contributed by atoms with Crippen LogP contribution in [0.4, 0.5) is 0 Å². The van der Waals surface area contributed by atoms with Crippen LogP contribution >= 0.6 is 22.9 Å². The highest BCUT2D eigenvalue weighted by atomic mass is 35.5. The molecule has 1 unspecified atom stereocenters.